The first-order valence-corrected chi connectivity index (χ1v) is 3.82. The van der Waals surface area contributed by atoms with Gasteiger partial charge in [-0.3, -0.25) is 0 Å². The van der Waals surface area contributed by atoms with Gasteiger partial charge in [0.1, 0.15) is 0 Å². The number of aliphatic hydroxyl groups is 1. The molecule has 0 bridgehead atoms. The van der Waals surface area contributed by atoms with Gasteiger partial charge in [-0.2, -0.15) is 0 Å². The molecular formula is C8H12BNO2. The second-order valence-corrected chi connectivity index (χ2v) is 2.79. The third-order valence-corrected chi connectivity index (χ3v) is 1.79. The molecule has 0 amide bonds. The van der Waals surface area contributed by atoms with Crippen molar-refractivity contribution in [3.05, 3.63) is 23.8 Å². The average Bonchev–Trinajstić information content (AvgIpc) is 2.04. The molecule has 64 valence electrons. The van der Waals surface area contributed by atoms with Crippen LogP contribution in [0.25, 0.3) is 0 Å². The van der Waals surface area contributed by atoms with Crippen molar-refractivity contribution >= 4 is 18.1 Å². The summed E-state index contributed by atoms with van der Waals surface area (Å²) >= 11 is 0. The fraction of sp³-hybridized carbons (Fsp3) is 0.250. The molecule has 0 radical (unpaired) electrons. The second kappa shape index (κ2) is 3.60. The van der Waals surface area contributed by atoms with Crippen LogP contribution in [0.2, 0.25) is 6.82 Å². The maximum atomic E-state index is 9.29. The van der Waals surface area contributed by atoms with Gasteiger partial charge in [-0.05, 0) is 23.2 Å². The molecule has 12 heavy (non-hydrogen) atoms. The second-order valence-electron chi connectivity index (χ2n) is 2.79. The van der Waals surface area contributed by atoms with Crippen LogP contribution in [0.4, 0.5) is 5.69 Å². The largest absolute Gasteiger partial charge is 0.446 e. The SMILES string of the molecule is CB(O)c1cc(N)ccc1CO. The molecule has 1 rings (SSSR count). The molecule has 0 saturated heterocycles. The van der Waals surface area contributed by atoms with Gasteiger partial charge in [-0.25, -0.2) is 0 Å². The zero-order valence-electron chi connectivity index (χ0n) is 6.99. The van der Waals surface area contributed by atoms with Crippen LogP contribution in [-0.2, 0) is 6.61 Å². The highest BCUT2D eigenvalue weighted by Gasteiger charge is 2.11. The molecular weight excluding hydrogens is 153 g/mol. The lowest BCUT2D eigenvalue weighted by Gasteiger charge is -2.07. The van der Waals surface area contributed by atoms with Crippen molar-refractivity contribution < 1.29 is 10.1 Å². The Balaban J connectivity index is 3.12. The highest BCUT2D eigenvalue weighted by molar-refractivity contribution is 6.65. The Morgan fingerprint density at radius 1 is 1.50 bits per heavy atom. The van der Waals surface area contributed by atoms with E-state index in [-0.39, 0.29) is 6.61 Å². The van der Waals surface area contributed by atoms with E-state index < -0.39 is 6.92 Å². The van der Waals surface area contributed by atoms with Crippen molar-refractivity contribution in [3.63, 3.8) is 0 Å². The summed E-state index contributed by atoms with van der Waals surface area (Å²) in [5.41, 5.74) is 7.54. The third kappa shape index (κ3) is 1.78. The van der Waals surface area contributed by atoms with Gasteiger partial charge >= 0.3 is 6.92 Å². The van der Waals surface area contributed by atoms with Crippen molar-refractivity contribution in [1.82, 2.24) is 0 Å². The van der Waals surface area contributed by atoms with Crippen molar-refractivity contribution in [2.75, 3.05) is 5.73 Å². The molecule has 0 spiro atoms. The molecule has 0 aliphatic carbocycles. The highest BCUT2D eigenvalue weighted by Crippen LogP contribution is 2.04. The van der Waals surface area contributed by atoms with Crippen LogP contribution >= 0.6 is 0 Å². The molecule has 0 heterocycles. The van der Waals surface area contributed by atoms with Crippen molar-refractivity contribution in [1.29, 1.82) is 0 Å². The van der Waals surface area contributed by atoms with Gasteiger partial charge in [-0.1, -0.05) is 12.9 Å². The van der Waals surface area contributed by atoms with E-state index >= 15 is 0 Å². The molecule has 0 aliphatic heterocycles. The van der Waals surface area contributed by atoms with E-state index in [9.17, 15) is 5.02 Å². The standard InChI is InChI=1S/C8H12BNO2/c1-9(12)8-4-7(10)3-2-6(8)5-11/h2-4,11-12H,5,10H2,1H3. The Kier molecular flexibility index (Phi) is 2.73. The number of aliphatic hydroxyl groups excluding tert-OH is 1. The van der Waals surface area contributed by atoms with Gasteiger partial charge in [0.2, 0.25) is 0 Å². The van der Waals surface area contributed by atoms with E-state index in [0.717, 1.165) is 5.56 Å². The Hall–Kier alpha value is -0.995. The van der Waals surface area contributed by atoms with Crippen LogP contribution in [0.3, 0.4) is 0 Å². The predicted octanol–water partition coefficient (Wildman–Crippen LogP) is -0.418. The lowest BCUT2D eigenvalue weighted by Crippen LogP contribution is -2.30. The van der Waals surface area contributed by atoms with E-state index in [1.54, 1.807) is 25.0 Å². The summed E-state index contributed by atoms with van der Waals surface area (Å²) in [6, 6.07) is 5.10. The molecule has 0 aromatic heterocycles. The molecule has 4 N–H and O–H groups in total. The van der Waals surface area contributed by atoms with Gasteiger partial charge < -0.3 is 15.9 Å². The van der Waals surface area contributed by atoms with E-state index in [1.807, 2.05) is 0 Å². The Morgan fingerprint density at radius 2 is 2.17 bits per heavy atom. The fourth-order valence-electron chi connectivity index (χ4n) is 1.15. The van der Waals surface area contributed by atoms with Crippen molar-refractivity contribution in [2.45, 2.75) is 13.4 Å². The topological polar surface area (TPSA) is 66.5 Å². The number of hydrogen-bond donors (Lipinski definition) is 3. The molecule has 0 unspecified atom stereocenters. The van der Waals surface area contributed by atoms with Gasteiger partial charge in [-0.15, -0.1) is 0 Å². The van der Waals surface area contributed by atoms with Crippen LogP contribution < -0.4 is 11.2 Å². The number of rotatable bonds is 2. The Bertz CT molecular complexity index is 276. The van der Waals surface area contributed by atoms with Crippen LogP contribution in [0.15, 0.2) is 18.2 Å². The zero-order chi connectivity index (χ0) is 9.14. The first kappa shape index (κ1) is 9.10. The van der Waals surface area contributed by atoms with E-state index in [1.165, 1.54) is 0 Å². The van der Waals surface area contributed by atoms with E-state index in [4.69, 9.17) is 10.8 Å². The molecule has 0 aliphatic rings. The van der Waals surface area contributed by atoms with Gasteiger partial charge in [0.25, 0.3) is 0 Å². The maximum absolute atomic E-state index is 9.29. The van der Waals surface area contributed by atoms with E-state index in [2.05, 4.69) is 0 Å². The first-order chi connectivity index (χ1) is 5.65. The number of benzene rings is 1. The Labute approximate surface area is 71.9 Å². The summed E-state index contributed by atoms with van der Waals surface area (Å²) in [5, 5.41) is 18.2. The van der Waals surface area contributed by atoms with Crippen LogP contribution in [0.5, 0.6) is 0 Å². The summed E-state index contributed by atoms with van der Waals surface area (Å²) in [7, 11) is 0. The molecule has 0 fully saturated rings. The number of hydrogen-bond acceptors (Lipinski definition) is 3. The lowest BCUT2D eigenvalue weighted by atomic mass is 9.62. The summed E-state index contributed by atoms with van der Waals surface area (Å²) in [6.45, 7) is 0.990. The molecule has 0 atom stereocenters. The summed E-state index contributed by atoms with van der Waals surface area (Å²) in [4.78, 5) is 0. The fourth-order valence-corrected chi connectivity index (χ4v) is 1.15. The zero-order valence-corrected chi connectivity index (χ0v) is 6.99. The summed E-state index contributed by atoms with van der Waals surface area (Å²) < 4.78 is 0. The maximum Gasteiger partial charge on any atom is 0.320 e. The molecule has 4 heteroatoms. The van der Waals surface area contributed by atoms with Crippen LogP contribution in [0, 0.1) is 0 Å². The minimum atomic E-state index is -0.587. The van der Waals surface area contributed by atoms with Gasteiger partial charge in [0, 0.05) is 5.69 Å². The monoisotopic (exact) mass is 165 g/mol. The third-order valence-electron chi connectivity index (χ3n) is 1.79. The number of nitrogen functional groups attached to an aromatic ring is 1. The molecule has 0 saturated carbocycles. The summed E-state index contributed by atoms with van der Waals surface area (Å²) in [6.07, 6.45) is 0. The number of anilines is 1. The minimum absolute atomic E-state index is 0.0689. The predicted molar refractivity (Wildman–Crippen MR) is 50.2 cm³/mol. The van der Waals surface area contributed by atoms with Crippen LogP contribution in [-0.4, -0.2) is 17.0 Å². The first-order valence-electron chi connectivity index (χ1n) is 3.82. The molecule has 3 nitrogen and oxygen atoms in total. The van der Waals surface area contributed by atoms with Crippen molar-refractivity contribution in [3.8, 4) is 0 Å². The normalized spacial score (nSPS) is 9.92. The van der Waals surface area contributed by atoms with Crippen molar-refractivity contribution in [2.24, 2.45) is 0 Å². The van der Waals surface area contributed by atoms with Gasteiger partial charge in [0.15, 0.2) is 0 Å². The molecule has 1 aromatic carbocycles. The quantitative estimate of drug-likeness (QED) is 0.412. The lowest BCUT2D eigenvalue weighted by molar-refractivity contribution is 0.282. The van der Waals surface area contributed by atoms with Crippen LogP contribution in [0.1, 0.15) is 5.56 Å². The minimum Gasteiger partial charge on any atom is -0.446 e. The summed E-state index contributed by atoms with van der Waals surface area (Å²) in [5.74, 6) is 0. The Morgan fingerprint density at radius 3 is 2.67 bits per heavy atom. The average molecular weight is 165 g/mol. The number of nitrogens with two attached hydrogens (primary N) is 1. The van der Waals surface area contributed by atoms with E-state index in [0.29, 0.717) is 11.2 Å². The highest BCUT2D eigenvalue weighted by atomic mass is 16.3. The van der Waals surface area contributed by atoms with Gasteiger partial charge in [0.05, 0.1) is 6.61 Å². The molecule has 1 aromatic rings. The smallest absolute Gasteiger partial charge is 0.320 e.